The van der Waals surface area contributed by atoms with E-state index in [-0.39, 0.29) is 12.5 Å². The first-order valence-electron chi connectivity index (χ1n) is 7.00. The van der Waals surface area contributed by atoms with E-state index in [0.29, 0.717) is 5.75 Å². The lowest BCUT2D eigenvalue weighted by molar-refractivity contribution is -0.548. The number of carbonyl (C=O) groups excluding carboxylic acids is 2. The van der Waals surface area contributed by atoms with Gasteiger partial charge in [-0.05, 0) is 12.1 Å². The first-order valence-corrected chi connectivity index (χ1v) is 7.97. The van der Waals surface area contributed by atoms with Gasteiger partial charge in [0, 0.05) is 5.88 Å². The summed E-state index contributed by atoms with van der Waals surface area (Å²) in [6.07, 6.45) is 0.976. The van der Waals surface area contributed by atoms with Crippen molar-refractivity contribution in [1.29, 1.82) is 0 Å². The maximum atomic E-state index is 12.2. The Bertz CT molecular complexity index is 686. The van der Waals surface area contributed by atoms with Crippen molar-refractivity contribution in [3.05, 3.63) is 40.4 Å². The number of Topliss-reactive ketones (excluding diaryl/α,β-unsaturated/α-hetero) is 1. The second-order valence-electron chi connectivity index (χ2n) is 4.98. The molecule has 0 bridgehead atoms. The lowest BCUT2D eigenvalue weighted by Crippen LogP contribution is -2.52. The third-order valence-corrected chi connectivity index (χ3v) is 3.97. The monoisotopic (exact) mass is 389 g/mol. The summed E-state index contributed by atoms with van der Waals surface area (Å²) in [7, 11) is 0. The molecule has 2 atom stereocenters. The average molecular weight is 390 g/mol. The van der Waals surface area contributed by atoms with Crippen LogP contribution in [0.5, 0.6) is 5.75 Å². The second-order valence-corrected chi connectivity index (χ2v) is 5.90. The number of rotatable bonds is 8. The second kappa shape index (κ2) is 8.13. The normalized spacial score (nSPS) is 20.2. The first-order chi connectivity index (χ1) is 11.9. The van der Waals surface area contributed by atoms with E-state index in [0.717, 1.165) is 11.4 Å². The maximum Gasteiger partial charge on any atom is 0.404 e. The van der Waals surface area contributed by atoms with E-state index in [1.165, 1.54) is 0 Å². The van der Waals surface area contributed by atoms with Gasteiger partial charge in [0.1, 0.15) is 12.9 Å². The predicted octanol–water partition coefficient (Wildman–Crippen LogP) is 1.26. The van der Waals surface area contributed by atoms with Crippen molar-refractivity contribution in [1.82, 2.24) is 5.06 Å². The number of hydrogen-bond donors (Lipinski definition) is 0. The standard InChI is InChI=1S/C14H13Cl2N3O6/c15-6-10(16)7-24-13(21)12(20)14(19(22)23)8-18(9-17-14)25-11-4-2-1-3-5-11/h1-5,9-10H,6-8H2. The highest BCUT2D eigenvalue weighted by Gasteiger charge is 2.59. The molecule has 1 aliphatic heterocycles. The van der Waals surface area contributed by atoms with Crippen LogP contribution in [0.2, 0.25) is 0 Å². The van der Waals surface area contributed by atoms with Crippen LogP contribution in [-0.4, -0.2) is 58.1 Å². The number of halogens is 2. The molecule has 0 radical (unpaired) electrons. The van der Waals surface area contributed by atoms with Gasteiger partial charge in [-0.15, -0.1) is 23.2 Å². The number of esters is 1. The van der Waals surface area contributed by atoms with Crippen molar-refractivity contribution in [2.24, 2.45) is 4.99 Å². The number of hydroxylamine groups is 2. The summed E-state index contributed by atoms with van der Waals surface area (Å²) < 4.78 is 4.66. The fraction of sp³-hybridized carbons (Fsp3) is 0.357. The van der Waals surface area contributed by atoms with Gasteiger partial charge in [0.15, 0.2) is 12.3 Å². The van der Waals surface area contributed by atoms with Gasteiger partial charge in [0.2, 0.25) is 0 Å². The molecule has 9 nitrogen and oxygen atoms in total. The third kappa shape index (κ3) is 4.37. The summed E-state index contributed by atoms with van der Waals surface area (Å²) in [5.74, 6) is -2.46. The Hall–Kier alpha value is -2.39. The number of ether oxygens (including phenoxy) is 1. The van der Waals surface area contributed by atoms with E-state index < -0.39 is 34.3 Å². The smallest absolute Gasteiger partial charge is 0.404 e. The van der Waals surface area contributed by atoms with Crippen LogP contribution in [0.3, 0.4) is 0 Å². The minimum absolute atomic E-state index is 0.0136. The molecule has 2 rings (SSSR count). The van der Waals surface area contributed by atoms with Gasteiger partial charge in [-0.1, -0.05) is 18.2 Å². The molecular formula is C14H13Cl2N3O6. The molecule has 0 fully saturated rings. The summed E-state index contributed by atoms with van der Waals surface area (Å²) in [6.45, 7) is -0.931. The number of alkyl halides is 2. The topological polar surface area (TPSA) is 111 Å². The molecule has 0 N–H and O–H groups in total. The van der Waals surface area contributed by atoms with Crippen molar-refractivity contribution >= 4 is 41.3 Å². The van der Waals surface area contributed by atoms with Gasteiger partial charge in [-0.25, -0.2) is 4.79 Å². The predicted molar refractivity (Wildman–Crippen MR) is 88.3 cm³/mol. The number of carbonyl (C=O) groups is 2. The van der Waals surface area contributed by atoms with Gasteiger partial charge in [0.05, 0.1) is 10.3 Å². The quantitative estimate of drug-likeness (QED) is 0.216. The van der Waals surface area contributed by atoms with Crippen molar-refractivity contribution in [3.63, 3.8) is 0 Å². The van der Waals surface area contributed by atoms with Crippen LogP contribution in [0.1, 0.15) is 0 Å². The number of nitro groups is 1. The van der Waals surface area contributed by atoms with Crippen molar-refractivity contribution in [2.75, 3.05) is 19.0 Å². The molecule has 0 spiro atoms. The fourth-order valence-corrected chi connectivity index (χ4v) is 2.04. The number of nitrogens with zero attached hydrogens (tertiary/aromatic N) is 3. The van der Waals surface area contributed by atoms with Crippen LogP contribution in [0, 0.1) is 10.1 Å². The Morgan fingerprint density at radius 2 is 2.08 bits per heavy atom. The Balaban J connectivity index is 2.07. The zero-order valence-electron chi connectivity index (χ0n) is 12.7. The summed E-state index contributed by atoms with van der Waals surface area (Å²) in [5.41, 5.74) is -2.53. The highest BCUT2D eigenvalue weighted by atomic mass is 35.5. The summed E-state index contributed by atoms with van der Waals surface area (Å²) in [5, 5.41) is 11.7. The number of aliphatic imine (C=N–C) groups is 1. The molecule has 2 unspecified atom stereocenters. The Morgan fingerprint density at radius 1 is 1.40 bits per heavy atom. The van der Waals surface area contributed by atoms with Crippen molar-refractivity contribution in [3.8, 4) is 5.75 Å². The Labute approximate surface area is 152 Å². The van der Waals surface area contributed by atoms with E-state index in [2.05, 4.69) is 9.73 Å². The van der Waals surface area contributed by atoms with E-state index in [4.69, 9.17) is 28.0 Å². The van der Waals surface area contributed by atoms with Gasteiger partial charge in [0.25, 0.3) is 0 Å². The minimum Gasteiger partial charge on any atom is -0.458 e. The Morgan fingerprint density at radius 3 is 2.68 bits per heavy atom. The van der Waals surface area contributed by atoms with Gasteiger partial charge >= 0.3 is 17.4 Å². The SMILES string of the molecule is O=C(OCC(Cl)CCl)C(=O)C1([N+](=O)[O-])CN(Oc2ccccc2)C=N1. The molecule has 0 amide bonds. The molecule has 1 heterocycles. The lowest BCUT2D eigenvalue weighted by atomic mass is 10.1. The molecule has 1 aliphatic rings. The number of para-hydroxylation sites is 1. The molecule has 1 aromatic carbocycles. The lowest BCUT2D eigenvalue weighted by Gasteiger charge is -2.19. The molecule has 0 saturated heterocycles. The highest BCUT2D eigenvalue weighted by Crippen LogP contribution is 2.23. The van der Waals surface area contributed by atoms with Crippen LogP contribution in [0.25, 0.3) is 0 Å². The fourth-order valence-electron chi connectivity index (χ4n) is 1.89. The molecule has 0 aliphatic carbocycles. The molecule has 25 heavy (non-hydrogen) atoms. The summed E-state index contributed by atoms with van der Waals surface area (Å²) in [6, 6.07) is 8.39. The van der Waals surface area contributed by atoms with E-state index >= 15 is 0 Å². The zero-order chi connectivity index (χ0) is 18.4. The molecule has 1 aromatic rings. The van der Waals surface area contributed by atoms with E-state index in [1.54, 1.807) is 30.3 Å². The van der Waals surface area contributed by atoms with E-state index in [9.17, 15) is 19.7 Å². The first kappa shape index (κ1) is 18.9. The molecule has 0 saturated carbocycles. The summed E-state index contributed by atoms with van der Waals surface area (Å²) >= 11 is 11.1. The minimum atomic E-state index is -2.53. The molecular weight excluding hydrogens is 377 g/mol. The van der Waals surface area contributed by atoms with Gasteiger partial charge in [-0.2, -0.15) is 10.1 Å². The largest absolute Gasteiger partial charge is 0.458 e. The van der Waals surface area contributed by atoms with Crippen LogP contribution >= 0.6 is 23.2 Å². The molecule has 0 aromatic heterocycles. The average Bonchev–Trinajstić information content (AvgIpc) is 3.04. The summed E-state index contributed by atoms with van der Waals surface area (Å²) in [4.78, 5) is 43.4. The maximum absolute atomic E-state index is 12.2. The number of hydrogen-bond acceptors (Lipinski definition) is 8. The van der Waals surface area contributed by atoms with Crippen molar-refractivity contribution in [2.45, 2.75) is 11.0 Å². The number of benzene rings is 1. The van der Waals surface area contributed by atoms with Crippen LogP contribution < -0.4 is 4.84 Å². The molecule has 11 heteroatoms. The van der Waals surface area contributed by atoms with Gasteiger partial charge < -0.3 is 9.57 Å². The third-order valence-electron chi connectivity index (χ3n) is 3.16. The Kier molecular flexibility index (Phi) is 6.16. The van der Waals surface area contributed by atoms with Crippen LogP contribution in [0.15, 0.2) is 35.3 Å². The zero-order valence-corrected chi connectivity index (χ0v) is 14.2. The van der Waals surface area contributed by atoms with Gasteiger partial charge in [-0.3, -0.25) is 14.9 Å². The highest BCUT2D eigenvalue weighted by molar-refractivity contribution is 6.37. The van der Waals surface area contributed by atoms with E-state index in [1.807, 2.05) is 0 Å². The van der Waals surface area contributed by atoms with Crippen LogP contribution in [-0.2, 0) is 14.3 Å². The number of ketones is 1. The van der Waals surface area contributed by atoms with Crippen LogP contribution in [0.4, 0.5) is 0 Å². The molecule has 134 valence electrons. The van der Waals surface area contributed by atoms with Crippen molar-refractivity contribution < 1.29 is 24.1 Å².